The highest BCUT2D eigenvalue weighted by atomic mass is 32.2. The lowest BCUT2D eigenvalue weighted by Crippen LogP contribution is -2.36. The second-order valence-electron chi connectivity index (χ2n) is 3.86. The van der Waals surface area contributed by atoms with Crippen molar-refractivity contribution in [1.29, 1.82) is 0 Å². The van der Waals surface area contributed by atoms with Crippen LogP contribution in [0.4, 0.5) is 0 Å². The van der Waals surface area contributed by atoms with Gasteiger partial charge in [-0.05, 0) is 12.3 Å². The Morgan fingerprint density at radius 1 is 1.40 bits per heavy atom. The number of carbonyl (C=O) groups is 1. The number of carboxylic acid groups (broad SMARTS) is 1. The van der Waals surface area contributed by atoms with E-state index in [0.717, 1.165) is 0 Å². The Morgan fingerprint density at radius 3 is 2.27 bits per heavy atom. The average Bonchev–Trinajstić information content (AvgIpc) is 2.01. The van der Waals surface area contributed by atoms with E-state index in [1.165, 1.54) is 0 Å². The van der Waals surface area contributed by atoms with Gasteiger partial charge in [-0.25, -0.2) is 13.1 Å². The fourth-order valence-corrected chi connectivity index (χ4v) is 2.28. The fourth-order valence-electron chi connectivity index (χ4n) is 1.17. The monoisotopic (exact) mass is 237 g/mol. The van der Waals surface area contributed by atoms with Crippen LogP contribution < -0.4 is 4.72 Å². The molecule has 0 saturated heterocycles. The molecule has 0 spiro atoms. The second-order valence-corrected chi connectivity index (χ2v) is 5.78. The van der Waals surface area contributed by atoms with Crippen LogP contribution in [-0.4, -0.2) is 31.8 Å². The van der Waals surface area contributed by atoms with Crippen LogP contribution in [0.1, 0.15) is 27.2 Å². The number of sulfonamides is 1. The van der Waals surface area contributed by atoms with Gasteiger partial charge in [0, 0.05) is 6.54 Å². The van der Waals surface area contributed by atoms with Crippen LogP contribution >= 0.6 is 0 Å². The molecule has 0 aliphatic carbocycles. The summed E-state index contributed by atoms with van der Waals surface area (Å²) < 4.78 is 24.9. The van der Waals surface area contributed by atoms with Gasteiger partial charge < -0.3 is 5.11 Å². The predicted molar refractivity (Wildman–Crippen MR) is 58.0 cm³/mol. The molecule has 0 aliphatic rings. The lowest BCUT2D eigenvalue weighted by Gasteiger charge is -2.16. The fraction of sp³-hybridized carbons (Fsp3) is 0.889. The molecule has 0 aromatic carbocycles. The first kappa shape index (κ1) is 14.4. The highest BCUT2D eigenvalue weighted by Gasteiger charge is 2.23. The highest BCUT2D eigenvalue weighted by Crippen LogP contribution is 2.10. The first-order valence-electron chi connectivity index (χ1n) is 5.00. The van der Waals surface area contributed by atoms with E-state index < -0.39 is 21.9 Å². The number of carboxylic acids is 1. The Kier molecular flexibility index (Phi) is 5.82. The quantitative estimate of drug-likeness (QED) is 0.681. The SMILES string of the molecule is CCCS(=O)(=O)NCC(C(=O)O)C(C)C. The predicted octanol–water partition coefficient (Wildman–Crippen LogP) is 0.673. The van der Waals surface area contributed by atoms with E-state index in [9.17, 15) is 13.2 Å². The van der Waals surface area contributed by atoms with Gasteiger partial charge in [0.1, 0.15) is 0 Å². The molecule has 6 heteroatoms. The minimum Gasteiger partial charge on any atom is -0.481 e. The molecule has 15 heavy (non-hydrogen) atoms. The molecule has 0 saturated carbocycles. The van der Waals surface area contributed by atoms with Crippen molar-refractivity contribution in [2.75, 3.05) is 12.3 Å². The van der Waals surface area contributed by atoms with Crippen LogP contribution in [0.15, 0.2) is 0 Å². The smallest absolute Gasteiger partial charge is 0.308 e. The standard InChI is InChI=1S/C9H19NO4S/c1-4-5-15(13,14)10-6-8(7(2)3)9(11)12/h7-8,10H,4-6H2,1-3H3,(H,11,12). The third-order valence-electron chi connectivity index (χ3n) is 2.12. The van der Waals surface area contributed by atoms with Crippen LogP contribution in [-0.2, 0) is 14.8 Å². The summed E-state index contributed by atoms with van der Waals surface area (Å²) >= 11 is 0. The van der Waals surface area contributed by atoms with Crippen molar-refractivity contribution in [2.24, 2.45) is 11.8 Å². The van der Waals surface area contributed by atoms with Crippen molar-refractivity contribution in [1.82, 2.24) is 4.72 Å². The van der Waals surface area contributed by atoms with Gasteiger partial charge in [-0.3, -0.25) is 4.79 Å². The Labute approximate surface area is 90.9 Å². The first-order valence-corrected chi connectivity index (χ1v) is 6.65. The number of aliphatic carboxylic acids is 1. The molecule has 0 aromatic heterocycles. The maximum Gasteiger partial charge on any atom is 0.308 e. The molecule has 1 atom stereocenters. The number of hydrogen-bond acceptors (Lipinski definition) is 3. The van der Waals surface area contributed by atoms with Gasteiger partial charge in [-0.2, -0.15) is 0 Å². The van der Waals surface area contributed by atoms with E-state index >= 15 is 0 Å². The zero-order chi connectivity index (χ0) is 12.1. The molecule has 0 aromatic rings. The Balaban J connectivity index is 4.29. The van der Waals surface area contributed by atoms with E-state index in [-0.39, 0.29) is 18.2 Å². The molecule has 90 valence electrons. The van der Waals surface area contributed by atoms with E-state index in [1.807, 2.05) is 0 Å². The molecule has 0 heterocycles. The maximum atomic E-state index is 11.3. The first-order chi connectivity index (χ1) is 6.80. The van der Waals surface area contributed by atoms with E-state index in [4.69, 9.17) is 5.11 Å². The number of rotatable bonds is 7. The van der Waals surface area contributed by atoms with Crippen molar-refractivity contribution in [3.8, 4) is 0 Å². The summed E-state index contributed by atoms with van der Waals surface area (Å²) in [5, 5.41) is 8.84. The van der Waals surface area contributed by atoms with Gasteiger partial charge in [-0.15, -0.1) is 0 Å². The van der Waals surface area contributed by atoms with E-state index in [2.05, 4.69) is 4.72 Å². The van der Waals surface area contributed by atoms with Crippen LogP contribution in [0.3, 0.4) is 0 Å². The van der Waals surface area contributed by atoms with Crippen LogP contribution in [0.5, 0.6) is 0 Å². The molecule has 0 rings (SSSR count). The molecule has 1 unspecified atom stereocenters. The third kappa shape index (κ3) is 5.74. The zero-order valence-corrected chi connectivity index (χ0v) is 10.2. The Morgan fingerprint density at radius 2 is 1.93 bits per heavy atom. The van der Waals surface area contributed by atoms with Gasteiger partial charge >= 0.3 is 5.97 Å². The lowest BCUT2D eigenvalue weighted by atomic mass is 9.97. The van der Waals surface area contributed by atoms with Crippen molar-refractivity contribution in [2.45, 2.75) is 27.2 Å². The summed E-state index contributed by atoms with van der Waals surface area (Å²) in [4.78, 5) is 10.8. The number of hydrogen-bond donors (Lipinski definition) is 2. The van der Waals surface area contributed by atoms with Gasteiger partial charge in [-0.1, -0.05) is 20.8 Å². The molecule has 0 amide bonds. The minimum absolute atomic E-state index is 0.0324. The summed E-state index contributed by atoms with van der Waals surface area (Å²) in [5.74, 6) is -1.69. The minimum atomic E-state index is -3.31. The lowest BCUT2D eigenvalue weighted by molar-refractivity contribution is -0.142. The van der Waals surface area contributed by atoms with Crippen LogP contribution in [0.25, 0.3) is 0 Å². The molecule has 0 radical (unpaired) electrons. The van der Waals surface area contributed by atoms with Crippen molar-refractivity contribution in [3.05, 3.63) is 0 Å². The highest BCUT2D eigenvalue weighted by molar-refractivity contribution is 7.89. The van der Waals surface area contributed by atoms with Crippen molar-refractivity contribution in [3.63, 3.8) is 0 Å². The van der Waals surface area contributed by atoms with Gasteiger partial charge in [0.2, 0.25) is 10.0 Å². The Bertz CT molecular complexity index is 297. The molecule has 0 fully saturated rings. The molecule has 0 aliphatic heterocycles. The normalized spacial score (nSPS) is 14.1. The van der Waals surface area contributed by atoms with Gasteiger partial charge in [0.25, 0.3) is 0 Å². The summed E-state index contributed by atoms with van der Waals surface area (Å²) in [5.41, 5.74) is 0. The van der Waals surface area contributed by atoms with Crippen LogP contribution in [0.2, 0.25) is 0 Å². The molecule has 0 bridgehead atoms. The summed E-state index contributed by atoms with van der Waals surface area (Å²) in [7, 11) is -3.31. The molecular formula is C9H19NO4S. The molecular weight excluding hydrogens is 218 g/mol. The molecule has 5 nitrogen and oxygen atoms in total. The van der Waals surface area contributed by atoms with Gasteiger partial charge in [0.15, 0.2) is 0 Å². The van der Waals surface area contributed by atoms with Crippen LogP contribution in [0, 0.1) is 11.8 Å². The number of nitrogens with one attached hydrogen (secondary N) is 1. The second kappa shape index (κ2) is 6.07. The summed E-state index contributed by atoms with van der Waals surface area (Å²) in [6.07, 6.45) is 0.523. The average molecular weight is 237 g/mol. The van der Waals surface area contributed by atoms with E-state index in [1.54, 1.807) is 20.8 Å². The van der Waals surface area contributed by atoms with Gasteiger partial charge in [0.05, 0.1) is 11.7 Å². The maximum absolute atomic E-state index is 11.3. The van der Waals surface area contributed by atoms with Crippen molar-refractivity contribution >= 4 is 16.0 Å². The topological polar surface area (TPSA) is 83.5 Å². The summed E-state index contributed by atoms with van der Waals surface area (Å²) in [6, 6.07) is 0. The zero-order valence-electron chi connectivity index (χ0n) is 9.36. The largest absolute Gasteiger partial charge is 0.481 e. The third-order valence-corrected chi connectivity index (χ3v) is 3.67. The summed E-state index contributed by atoms with van der Waals surface area (Å²) in [6.45, 7) is 5.24. The molecule has 2 N–H and O–H groups in total. The Hall–Kier alpha value is -0.620. The van der Waals surface area contributed by atoms with Crippen molar-refractivity contribution < 1.29 is 18.3 Å². The van der Waals surface area contributed by atoms with E-state index in [0.29, 0.717) is 6.42 Å².